The summed E-state index contributed by atoms with van der Waals surface area (Å²) in [6.45, 7) is 1.05. The van der Waals surface area contributed by atoms with E-state index in [0.717, 1.165) is 5.56 Å². The van der Waals surface area contributed by atoms with Gasteiger partial charge in [-0.1, -0.05) is 41.9 Å². The Morgan fingerprint density at radius 2 is 2.00 bits per heavy atom. The Balaban J connectivity index is 2.14. The molecule has 0 spiro atoms. The molecule has 84 valence electrons. The molecule has 0 saturated heterocycles. The third-order valence-corrected chi connectivity index (χ3v) is 2.01. The summed E-state index contributed by atoms with van der Waals surface area (Å²) in [6, 6.07) is 9.79. The second-order valence-corrected chi connectivity index (χ2v) is 3.49. The first-order chi connectivity index (χ1) is 7.33. The first kappa shape index (κ1) is 12.5. The maximum atomic E-state index is 8.48. The Bertz CT molecular complexity index is 253. The first-order valence-corrected chi connectivity index (χ1v) is 5.25. The van der Waals surface area contributed by atoms with Crippen molar-refractivity contribution < 1.29 is 14.6 Å². The van der Waals surface area contributed by atoms with Crippen molar-refractivity contribution in [3.8, 4) is 0 Å². The zero-order chi connectivity index (χ0) is 10.9. The molecule has 0 saturated carbocycles. The van der Waals surface area contributed by atoms with Crippen LogP contribution in [-0.2, 0) is 16.1 Å². The standard InChI is InChI=1S/C11H15ClO3/c12-11(9-14-7-6-13)15-8-10-4-2-1-3-5-10/h1-5,11,13H,6-9H2. The lowest BCUT2D eigenvalue weighted by Crippen LogP contribution is -2.14. The lowest BCUT2D eigenvalue weighted by molar-refractivity contribution is 0.00730. The van der Waals surface area contributed by atoms with Gasteiger partial charge < -0.3 is 14.6 Å². The summed E-state index contributed by atoms with van der Waals surface area (Å²) in [6.07, 6.45) is 0. The molecule has 1 aromatic rings. The summed E-state index contributed by atoms with van der Waals surface area (Å²) in [5.41, 5.74) is 0.599. The van der Waals surface area contributed by atoms with Crippen molar-refractivity contribution in [3.05, 3.63) is 35.9 Å². The number of aliphatic hydroxyl groups excluding tert-OH is 1. The van der Waals surface area contributed by atoms with Crippen molar-refractivity contribution in [3.63, 3.8) is 0 Å². The summed E-state index contributed by atoms with van der Waals surface area (Å²) in [7, 11) is 0. The molecule has 0 fully saturated rings. The minimum Gasteiger partial charge on any atom is -0.394 e. The van der Waals surface area contributed by atoms with Gasteiger partial charge in [0.2, 0.25) is 0 Å². The zero-order valence-electron chi connectivity index (χ0n) is 8.43. The minimum atomic E-state index is -0.475. The number of alkyl halides is 1. The van der Waals surface area contributed by atoms with Crippen molar-refractivity contribution in [2.24, 2.45) is 0 Å². The molecule has 15 heavy (non-hydrogen) atoms. The molecule has 0 heterocycles. The van der Waals surface area contributed by atoms with Crippen LogP contribution < -0.4 is 0 Å². The highest BCUT2D eigenvalue weighted by molar-refractivity contribution is 6.19. The quantitative estimate of drug-likeness (QED) is 0.573. The molecule has 0 aromatic heterocycles. The molecule has 0 radical (unpaired) electrons. The van der Waals surface area contributed by atoms with Gasteiger partial charge in [0.05, 0.1) is 26.4 Å². The van der Waals surface area contributed by atoms with Crippen LogP contribution in [0.5, 0.6) is 0 Å². The number of hydrogen-bond donors (Lipinski definition) is 1. The number of benzene rings is 1. The van der Waals surface area contributed by atoms with Crippen LogP contribution in [0.15, 0.2) is 30.3 Å². The predicted molar refractivity (Wildman–Crippen MR) is 58.8 cm³/mol. The van der Waals surface area contributed by atoms with Crippen LogP contribution in [0.1, 0.15) is 5.56 Å². The van der Waals surface area contributed by atoms with E-state index in [1.807, 2.05) is 30.3 Å². The molecule has 0 aliphatic rings. The number of halogens is 1. The third kappa shape index (κ3) is 5.74. The van der Waals surface area contributed by atoms with Crippen LogP contribution >= 0.6 is 11.6 Å². The highest BCUT2D eigenvalue weighted by Crippen LogP contribution is 2.06. The number of rotatable bonds is 7. The summed E-state index contributed by atoms with van der Waals surface area (Å²) in [5.74, 6) is 0. The van der Waals surface area contributed by atoms with Crippen LogP contribution in [0.4, 0.5) is 0 Å². The Morgan fingerprint density at radius 3 is 2.67 bits per heavy atom. The van der Waals surface area contributed by atoms with Crippen LogP contribution in [-0.4, -0.2) is 30.5 Å². The van der Waals surface area contributed by atoms with Gasteiger partial charge in [-0.3, -0.25) is 0 Å². The Morgan fingerprint density at radius 1 is 1.27 bits per heavy atom. The lowest BCUT2D eigenvalue weighted by atomic mass is 10.2. The largest absolute Gasteiger partial charge is 0.394 e. The molecule has 3 nitrogen and oxygen atoms in total. The first-order valence-electron chi connectivity index (χ1n) is 4.81. The summed E-state index contributed by atoms with van der Waals surface area (Å²) in [4.78, 5) is 0. The van der Waals surface area contributed by atoms with Gasteiger partial charge in [0.1, 0.15) is 0 Å². The van der Waals surface area contributed by atoms with Crippen LogP contribution in [0, 0.1) is 0 Å². The average Bonchev–Trinajstić information content (AvgIpc) is 2.28. The summed E-state index contributed by atoms with van der Waals surface area (Å²) >= 11 is 5.84. The second kappa shape index (κ2) is 7.65. The molecule has 0 bridgehead atoms. The molecule has 4 heteroatoms. The fraction of sp³-hybridized carbons (Fsp3) is 0.455. The highest BCUT2D eigenvalue weighted by atomic mass is 35.5. The van der Waals surface area contributed by atoms with E-state index in [9.17, 15) is 0 Å². The Kier molecular flexibility index (Phi) is 6.36. The van der Waals surface area contributed by atoms with E-state index < -0.39 is 5.56 Å². The molecular weight excluding hydrogens is 216 g/mol. The molecule has 1 N–H and O–H groups in total. The summed E-state index contributed by atoms with van der Waals surface area (Å²) in [5, 5.41) is 8.48. The smallest absolute Gasteiger partial charge is 0.154 e. The van der Waals surface area contributed by atoms with Gasteiger partial charge in [-0.2, -0.15) is 0 Å². The monoisotopic (exact) mass is 230 g/mol. The van der Waals surface area contributed by atoms with Gasteiger partial charge >= 0.3 is 0 Å². The average molecular weight is 231 g/mol. The Labute approximate surface area is 94.6 Å². The molecule has 1 atom stereocenters. The van der Waals surface area contributed by atoms with Gasteiger partial charge in [0.15, 0.2) is 5.56 Å². The molecule has 0 aliphatic heterocycles. The van der Waals surface area contributed by atoms with Crippen molar-refractivity contribution in [2.75, 3.05) is 19.8 Å². The SMILES string of the molecule is OCCOCC(Cl)OCc1ccccc1. The fourth-order valence-electron chi connectivity index (χ4n) is 1.05. The highest BCUT2D eigenvalue weighted by Gasteiger charge is 2.04. The van der Waals surface area contributed by atoms with Gasteiger partial charge in [-0.05, 0) is 5.56 Å². The molecule has 0 aliphatic carbocycles. The van der Waals surface area contributed by atoms with E-state index in [2.05, 4.69) is 0 Å². The van der Waals surface area contributed by atoms with E-state index in [-0.39, 0.29) is 19.8 Å². The minimum absolute atomic E-state index is 0.00228. The van der Waals surface area contributed by atoms with Gasteiger partial charge in [-0.15, -0.1) is 0 Å². The predicted octanol–water partition coefficient (Wildman–Crippen LogP) is 1.78. The van der Waals surface area contributed by atoms with Crippen molar-refractivity contribution >= 4 is 11.6 Å². The van der Waals surface area contributed by atoms with Crippen LogP contribution in [0.2, 0.25) is 0 Å². The second-order valence-electron chi connectivity index (χ2n) is 3.01. The maximum absolute atomic E-state index is 8.48. The van der Waals surface area contributed by atoms with Crippen molar-refractivity contribution in [2.45, 2.75) is 12.2 Å². The third-order valence-electron chi connectivity index (χ3n) is 1.76. The van der Waals surface area contributed by atoms with E-state index in [0.29, 0.717) is 6.61 Å². The summed E-state index contributed by atoms with van der Waals surface area (Å²) < 4.78 is 10.4. The van der Waals surface area contributed by atoms with E-state index in [4.69, 9.17) is 26.2 Å². The molecule has 1 rings (SSSR count). The zero-order valence-corrected chi connectivity index (χ0v) is 9.19. The maximum Gasteiger partial charge on any atom is 0.154 e. The topological polar surface area (TPSA) is 38.7 Å². The number of aliphatic hydroxyl groups is 1. The van der Waals surface area contributed by atoms with Gasteiger partial charge in [-0.25, -0.2) is 0 Å². The van der Waals surface area contributed by atoms with Crippen molar-refractivity contribution in [1.82, 2.24) is 0 Å². The lowest BCUT2D eigenvalue weighted by Gasteiger charge is -2.11. The van der Waals surface area contributed by atoms with E-state index in [1.54, 1.807) is 0 Å². The Hall–Kier alpha value is -0.610. The molecule has 0 amide bonds. The number of hydrogen-bond acceptors (Lipinski definition) is 3. The van der Waals surface area contributed by atoms with Crippen LogP contribution in [0.25, 0.3) is 0 Å². The van der Waals surface area contributed by atoms with E-state index >= 15 is 0 Å². The fourth-order valence-corrected chi connectivity index (χ4v) is 1.20. The van der Waals surface area contributed by atoms with Crippen molar-refractivity contribution in [1.29, 1.82) is 0 Å². The number of ether oxygens (including phenoxy) is 2. The molecule has 1 aromatic carbocycles. The molecular formula is C11H15ClO3. The van der Waals surface area contributed by atoms with E-state index in [1.165, 1.54) is 0 Å². The normalized spacial score (nSPS) is 12.7. The van der Waals surface area contributed by atoms with Gasteiger partial charge in [0, 0.05) is 0 Å². The molecule has 1 unspecified atom stereocenters. The van der Waals surface area contributed by atoms with Crippen LogP contribution in [0.3, 0.4) is 0 Å². The van der Waals surface area contributed by atoms with Gasteiger partial charge in [0.25, 0.3) is 0 Å².